The summed E-state index contributed by atoms with van der Waals surface area (Å²) in [5, 5.41) is 11.7. The maximum atomic E-state index is 11.9. The van der Waals surface area contributed by atoms with E-state index in [4.69, 9.17) is 5.11 Å². The van der Waals surface area contributed by atoms with Crippen molar-refractivity contribution in [3.05, 3.63) is 35.9 Å². The average molecular weight is 307 g/mol. The van der Waals surface area contributed by atoms with Crippen molar-refractivity contribution in [2.24, 2.45) is 5.92 Å². The van der Waals surface area contributed by atoms with Crippen LogP contribution in [0.3, 0.4) is 0 Å². The fourth-order valence-electron chi connectivity index (χ4n) is 2.27. The first-order chi connectivity index (χ1) is 10.1. The monoisotopic (exact) mass is 307 g/mol. The minimum Gasteiger partial charge on any atom is -0.481 e. The van der Waals surface area contributed by atoms with Crippen LogP contribution in [0.5, 0.6) is 0 Å². The second-order valence-electron chi connectivity index (χ2n) is 5.40. The highest BCUT2D eigenvalue weighted by Crippen LogP contribution is 2.34. The van der Waals surface area contributed by atoms with Crippen LogP contribution in [-0.2, 0) is 16.0 Å². The average Bonchev–Trinajstić information content (AvgIpc) is 3.28. The quantitative estimate of drug-likeness (QED) is 0.687. The van der Waals surface area contributed by atoms with Crippen LogP contribution in [-0.4, -0.2) is 34.5 Å². The molecule has 1 aliphatic rings. The Bertz CT molecular complexity index is 474. The van der Waals surface area contributed by atoms with Crippen molar-refractivity contribution in [3.8, 4) is 0 Å². The number of rotatable bonds is 9. The van der Waals surface area contributed by atoms with Gasteiger partial charge in [-0.3, -0.25) is 9.59 Å². The molecule has 1 aliphatic carbocycles. The molecule has 0 aliphatic heterocycles. The Morgan fingerprint density at radius 1 is 1.29 bits per heavy atom. The van der Waals surface area contributed by atoms with Crippen LogP contribution in [0.2, 0.25) is 0 Å². The number of thioether (sulfide) groups is 1. The summed E-state index contributed by atoms with van der Waals surface area (Å²) in [5.74, 6) is 0.759. The molecule has 21 heavy (non-hydrogen) atoms. The van der Waals surface area contributed by atoms with Crippen molar-refractivity contribution in [1.29, 1.82) is 0 Å². The van der Waals surface area contributed by atoms with E-state index in [1.807, 2.05) is 18.2 Å². The topological polar surface area (TPSA) is 66.4 Å². The maximum absolute atomic E-state index is 11.9. The summed E-state index contributed by atoms with van der Waals surface area (Å²) >= 11 is 1.59. The van der Waals surface area contributed by atoms with E-state index in [9.17, 15) is 9.59 Å². The molecule has 1 saturated carbocycles. The van der Waals surface area contributed by atoms with Gasteiger partial charge in [0.1, 0.15) is 0 Å². The second kappa shape index (κ2) is 8.08. The van der Waals surface area contributed by atoms with E-state index < -0.39 is 5.97 Å². The Morgan fingerprint density at radius 2 is 2.00 bits per heavy atom. The van der Waals surface area contributed by atoms with E-state index in [1.54, 1.807) is 11.8 Å². The van der Waals surface area contributed by atoms with Crippen LogP contribution in [0, 0.1) is 5.92 Å². The molecule has 1 aromatic carbocycles. The lowest BCUT2D eigenvalue weighted by Gasteiger charge is -2.16. The maximum Gasteiger partial charge on any atom is 0.305 e. The van der Waals surface area contributed by atoms with Crippen LogP contribution >= 0.6 is 11.8 Å². The zero-order valence-electron chi connectivity index (χ0n) is 12.0. The van der Waals surface area contributed by atoms with Crippen molar-refractivity contribution in [2.45, 2.75) is 31.7 Å². The van der Waals surface area contributed by atoms with Crippen LogP contribution in [0.15, 0.2) is 30.3 Å². The number of carbonyl (C=O) groups excluding carboxylic acids is 1. The van der Waals surface area contributed by atoms with Gasteiger partial charge in [0.05, 0.1) is 12.2 Å². The number of carbonyl (C=O) groups is 2. The first kappa shape index (κ1) is 15.9. The number of aryl methyl sites for hydroxylation is 1. The number of amides is 1. The van der Waals surface area contributed by atoms with Crippen LogP contribution < -0.4 is 5.32 Å². The number of carboxylic acids is 1. The summed E-state index contributed by atoms with van der Waals surface area (Å²) in [6.45, 7) is 0. The smallest absolute Gasteiger partial charge is 0.305 e. The number of benzene rings is 1. The molecule has 1 aromatic rings. The summed E-state index contributed by atoms with van der Waals surface area (Å²) in [5.41, 5.74) is 1.27. The molecule has 0 heterocycles. The van der Waals surface area contributed by atoms with Gasteiger partial charge in [-0.05, 0) is 36.5 Å². The molecule has 2 rings (SSSR count). The zero-order chi connectivity index (χ0) is 15.1. The van der Waals surface area contributed by atoms with Crippen molar-refractivity contribution in [3.63, 3.8) is 0 Å². The minimum atomic E-state index is -0.844. The zero-order valence-corrected chi connectivity index (χ0v) is 12.8. The molecule has 1 amide bonds. The van der Waals surface area contributed by atoms with Gasteiger partial charge < -0.3 is 10.4 Å². The van der Waals surface area contributed by atoms with Gasteiger partial charge in [-0.15, -0.1) is 0 Å². The van der Waals surface area contributed by atoms with Crippen molar-refractivity contribution in [2.75, 3.05) is 11.5 Å². The molecule has 0 aromatic heterocycles. The highest BCUT2D eigenvalue weighted by atomic mass is 32.2. The molecule has 4 nitrogen and oxygen atoms in total. The van der Waals surface area contributed by atoms with E-state index in [0.717, 1.165) is 25.0 Å². The van der Waals surface area contributed by atoms with Gasteiger partial charge in [-0.2, -0.15) is 11.8 Å². The third kappa shape index (κ3) is 6.21. The molecule has 114 valence electrons. The van der Waals surface area contributed by atoms with E-state index >= 15 is 0 Å². The highest BCUT2D eigenvalue weighted by molar-refractivity contribution is 7.99. The largest absolute Gasteiger partial charge is 0.481 e. The third-order valence-corrected chi connectivity index (χ3v) is 4.50. The number of hydrogen-bond acceptors (Lipinski definition) is 3. The first-order valence-electron chi connectivity index (χ1n) is 7.28. The number of nitrogens with one attached hydrogen (secondary N) is 1. The second-order valence-corrected chi connectivity index (χ2v) is 6.50. The lowest BCUT2D eigenvalue weighted by molar-refractivity contribution is -0.137. The molecule has 0 bridgehead atoms. The van der Waals surface area contributed by atoms with Gasteiger partial charge >= 0.3 is 5.97 Å². The summed E-state index contributed by atoms with van der Waals surface area (Å²) < 4.78 is 0. The standard InChI is InChI=1S/C16H21NO3S/c18-15(17-14(10-16(19)20)13-6-7-13)11-21-9-8-12-4-2-1-3-5-12/h1-5,13-14H,6-11H2,(H,17,18)(H,19,20). The van der Waals surface area contributed by atoms with Crippen molar-refractivity contribution in [1.82, 2.24) is 5.32 Å². The van der Waals surface area contributed by atoms with Crippen LogP contribution in [0.1, 0.15) is 24.8 Å². The summed E-state index contributed by atoms with van der Waals surface area (Å²) in [4.78, 5) is 22.6. The van der Waals surface area contributed by atoms with E-state index in [0.29, 0.717) is 11.7 Å². The van der Waals surface area contributed by atoms with Gasteiger partial charge in [0.25, 0.3) is 0 Å². The fourth-order valence-corrected chi connectivity index (χ4v) is 3.06. The molecule has 0 saturated heterocycles. The molecule has 2 N–H and O–H groups in total. The normalized spacial score (nSPS) is 15.4. The predicted octanol–water partition coefficient (Wildman–Crippen LogP) is 2.33. The van der Waals surface area contributed by atoms with Gasteiger partial charge in [0.2, 0.25) is 5.91 Å². The van der Waals surface area contributed by atoms with Gasteiger partial charge in [0.15, 0.2) is 0 Å². The number of carboxylic acid groups (broad SMARTS) is 1. The molecular weight excluding hydrogens is 286 g/mol. The highest BCUT2D eigenvalue weighted by Gasteiger charge is 2.33. The summed E-state index contributed by atoms with van der Waals surface area (Å²) in [6.07, 6.45) is 3.03. The van der Waals surface area contributed by atoms with Crippen LogP contribution in [0.25, 0.3) is 0 Å². The fraction of sp³-hybridized carbons (Fsp3) is 0.500. The Labute approximate surface area is 129 Å². The molecular formula is C16H21NO3S. The lowest BCUT2D eigenvalue weighted by atomic mass is 10.1. The van der Waals surface area contributed by atoms with Gasteiger partial charge in [0, 0.05) is 6.04 Å². The van der Waals surface area contributed by atoms with Crippen molar-refractivity contribution < 1.29 is 14.7 Å². The molecule has 1 fully saturated rings. The summed E-state index contributed by atoms with van der Waals surface area (Å²) in [6, 6.07) is 9.99. The minimum absolute atomic E-state index is 0.0328. The molecule has 1 atom stereocenters. The molecule has 5 heteroatoms. The third-order valence-electron chi connectivity index (χ3n) is 3.54. The van der Waals surface area contributed by atoms with Crippen molar-refractivity contribution >= 4 is 23.6 Å². The Balaban J connectivity index is 1.63. The molecule has 1 unspecified atom stereocenters. The summed E-state index contributed by atoms with van der Waals surface area (Å²) in [7, 11) is 0. The SMILES string of the molecule is O=C(O)CC(NC(=O)CSCCc1ccccc1)C1CC1. The Hall–Kier alpha value is -1.49. The number of aliphatic carboxylic acids is 1. The Morgan fingerprint density at radius 3 is 2.62 bits per heavy atom. The molecule has 0 spiro atoms. The lowest BCUT2D eigenvalue weighted by Crippen LogP contribution is -2.39. The van der Waals surface area contributed by atoms with E-state index in [2.05, 4.69) is 17.4 Å². The first-order valence-corrected chi connectivity index (χ1v) is 8.43. The van der Waals surface area contributed by atoms with Crippen LogP contribution in [0.4, 0.5) is 0 Å². The van der Waals surface area contributed by atoms with Gasteiger partial charge in [-0.1, -0.05) is 30.3 Å². The Kier molecular flexibility index (Phi) is 6.11. The van der Waals surface area contributed by atoms with Gasteiger partial charge in [-0.25, -0.2) is 0 Å². The predicted molar refractivity (Wildman–Crippen MR) is 84.4 cm³/mol. The van der Waals surface area contributed by atoms with E-state index in [1.165, 1.54) is 5.56 Å². The van der Waals surface area contributed by atoms with E-state index in [-0.39, 0.29) is 18.4 Å². The number of hydrogen-bond donors (Lipinski definition) is 2. The molecule has 0 radical (unpaired) electrons.